The summed E-state index contributed by atoms with van der Waals surface area (Å²) in [6.07, 6.45) is -1.54. The number of alkyl carbamates (subject to hydrolysis) is 1. The van der Waals surface area contributed by atoms with E-state index in [2.05, 4.69) is 21.3 Å². The van der Waals surface area contributed by atoms with Gasteiger partial charge in [-0.25, -0.2) is 9.59 Å². The second-order valence-corrected chi connectivity index (χ2v) is 15.4. The van der Waals surface area contributed by atoms with Gasteiger partial charge in [0.15, 0.2) is 0 Å². The zero-order valence-corrected chi connectivity index (χ0v) is 32.1. The smallest absolute Gasteiger partial charge is 0.408 e. The monoisotopic (exact) mass is 724 g/mol. The highest BCUT2D eigenvalue weighted by molar-refractivity contribution is 5.91. The van der Waals surface area contributed by atoms with E-state index in [4.69, 9.17) is 10.5 Å². The number of nitrogens with two attached hydrogens (primary N) is 1. The first-order valence-corrected chi connectivity index (χ1v) is 18.0. The topological polar surface area (TPSA) is 192 Å². The molecular formula is C39H60N6O7. The molecule has 0 heterocycles. The number of primary amides is 1. The lowest BCUT2D eigenvalue weighted by Gasteiger charge is -2.33. The lowest BCUT2D eigenvalue weighted by atomic mass is 9.98. The summed E-state index contributed by atoms with van der Waals surface area (Å²) in [6.45, 7) is 15.9. The summed E-state index contributed by atoms with van der Waals surface area (Å²) in [6, 6.07) is 14.0. The molecule has 0 spiro atoms. The number of hydrogen-bond donors (Lipinski definition) is 6. The molecule has 7 N–H and O–H groups in total. The van der Waals surface area contributed by atoms with E-state index in [0.29, 0.717) is 0 Å². The van der Waals surface area contributed by atoms with Crippen LogP contribution in [0.3, 0.4) is 0 Å². The van der Waals surface area contributed by atoms with Crippen LogP contribution >= 0.6 is 0 Å². The summed E-state index contributed by atoms with van der Waals surface area (Å²) in [5.41, 5.74) is 6.37. The normalized spacial score (nSPS) is 14.5. The van der Waals surface area contributed by atoms with Crippen LogP contribution in [0.25, 0.3) is 0 Å². The summed E-state index contributed by atoms with van der Waals surface area (Å²) in [7, 11) is 0. The number of rotatable bonds is 18. The van der Waals surface area contributed by atoms with Gasteiger partial charge >= 0.3 is 12.1 Å². The van der Waals surface area contributed by atoms with Crippen LogP contribution < -0.4 is 27.0 Å². The second kappa shape index (κ2) is 20.4. The van der Waals surface area contributed by atoms with Crippen LogP contribution in [0.4, 0.5) is 9.59 Å². The van der Waals surface area contributed by atoms with Crippen LogP contribution in [0, 0.1) is 17.8 Å². The molecule has 2 rings (SSSR count). The molecule has 5 atom stereocenters. The van der Waals surface area contributed by atoms with E-state index >= 15 is 0 Å². The maximum atomic E-state index is 14.1. The first-order valence-electron chi connectivity index (χ1n) is 18.0. The van der Waals surface area contributed by atoms with E-state index in [1.54, 1.807) is 48.5 Å². The van der Waals surface area contributed by atoms with Crippen LogP contribution in [0.5, 0.6) is 0 Å². The summed E-state index contributed by atoms with van der Waals surface area (Å²) >= 11 is 0. The van der Waals surface area contributed by atoms with Crippen molar-refractivity contribution in [1.29, 1.82) is 0 Å². The van der Waals surface area contributed by atoms with Crippen molar-refractivity contribution in [3.63, 3.8) is 0 Å². The molecule has 0 fully saturated rings. The highest BCUT2D eigenvalue weighted by Gasteiger charge is 2.34. The molecule has 0 saturated heterocycles. The average molecular weight is 725 g/mol. The number of benzene rings is 2. The molecule has 13 heteroatoms. The Morgan fingerprint density at radius 2 is 1.29 bits per heavy atom. The van der Waals surface area contributed by atoms with E-state index in [1.807, 2.05) is 74.5 Å². The molecule has 2 aromatic rings. The standard InChI is InChI=1S/C39H60N6O7/c1-24(2)20-30(35(48)43-32(25(3)4)34(40)47)42-37(50)45(22-28-18-14-11-15-19-28)23-31(46)29(21-27-16-12-10-13-17-27)41-36(49)33(26(5)6)44-38(51)52-39(7,8)9/h10-19,24-26,29-33,46H,20-23H2,1-9H3,(H2,40,47)(H,41,49)(H,42,50)(H,43,48)(H,44,51)/t29-,30-,31+,32+,33-/m0/s1. The highest BCUT2D eigenvalue weighted by Crippen LogP contribution is 2.15. The van der Waals surface area contributed by atoms with Gasteiger partial charge in [-0.05, 0) is 62.5 Å². The zero-order chi connectivity index (χ0) is 39.2. The number of carbonyl (C=O) groups excluding carboxylic acids is 5. The van der Waals surface area contributed by atoms with E-state index < -0.39 is 65.7 Å². The minimum absolute atomic E-state index is 0.00366. The van der Waals surface area contributed by atoms with Gasteiger partial charge in [0.1, 0.15) is 23.7 Å². The maximum absolute atomic E-state index is 14.1. The van der Waals surface area contributed by atoms with Crippen molar-refractivity contribution in [3.8, 4) is 0 Å². The number of nitrogens with zero attached hydrogens (tertiary/aromatic N) is 1. The van der Waals surface area contributed by atoms with Gasteiger partial charge in [0.05, 0.1) is 18.7 Å². The lowest BCUT2D eigenvalue weighted by molar-refractivity contribution is -0.129. The van der Waals surface area contributed by atoms with E-state index in [-0.39, 0.29) is 43.7 Å². The molecule has 0 aliphatic heterocycles. The maximum Gasteiger partial charge on any atom is 0.408 e. The largest absolute Gasteiger partial charge is 0.444 e. The van der Waals surface area contributed by atoms with E-state index in [1.165, 1.54) is 4.90 Å². The Morgan fingerprint density at radius 1 is 0.750 bits per heavy atom. The van der Waals surface area contributed by atoms with Gasteiger partial charge in [-0.2, -0.15) is 0 Å². The van der Waals surface area contributed by atoms with Crippen LogP contribution in [-0.2, 0) is 32.1 Å². The third-order valence-corrected chi connectivity index (χ3v) is 8.22. The van der Waals surface area contributed by atoms with Gasteiger partial charge in [-0.15, -0.1) is 0 Å². The Bertz CT molecular complexity index is 1450. The fraction of sp³-hybridized carbons (Fsp3) is 0.564. The molecule has 0 aliphatic rings. The van der Waals surface area contributed by atoms with E-state index in [0.717, 1.165) is 11.1 Å². The Kier molecular flexibility index (Phi) is 17.1. The average Bonchev–Trinajstić information content (AvgIpc) is 3.04. The Balaban J connectivity index is 2.43. The molecule has 6 amide bonds. The van der Waals surface area contributed by atoms with Crippen molar-refractivity contribution >= 4 is 29.8 Å². The molecule has 0 saturated carbocycles. The SMILES string of the molecule is CC(C)C[C@H](NC(=O)N(Cc1ccccc1)C[C@@H](O)[C@H](Cc1ccccc1)NC(=O)[C@@H](NC(=O)OC(C)(C)C)C(C)C)C(=O)N[C@@H](C(N)=O)C(C)C. The highest BCUT2D eigenvalue weighted by atomic mass is 16.6. The van der Waals surface area contributed by atoms with Crippen LogP contribution in [0.1, 0.15) is 79.9 Å². The number of hydrogen-bond acceptors (Lipinski definition) is 7. The van der Waals surface area contributed by atoms with Crippen LogP contribution in [-0.4, -0.2) is 82.3 Å². The van der Waals surface area contributed by atoms with Gasteiger partial charge in [0.25, 0.3) is 0 Å². The van der Waals surface area contributed by atoms with Crippen molar-refractivity contribution in [1.82, 2.24) is 26.2 Å². The summed E-state index contributed by atoms with van der Waals surface area (Å²) in [4.78, 5) is 67.3. The van der Waals surface area contributed by atoms with Crippen molar-refractivity contribution in [2.45, 2.75) is 118 Å². The third kappa shape index (κ3) is 15.3. The summed E-state index contributed by atoms with van der Waals surface area (Å²) in [5, 5.41) is 22.9. The molecule has 0 bridgehead atoms. The Labute approximate surface area is 308 Å². The molecule has 0 unspecified atom stereocenters. The molecule has 0 aliphatic carbocycles. The number of ether oxygens (including phenoxy) is 1. The Morgan fingerprint density at radius 3 is 1.77 bits per heavy atom. The number of aliphatic hydroxyl groups is 1. The lowest BCUT2D eigenvalue weighted by Crippen LogP contribution is -2.59. The van der Waals surface area contributed by atoms with Crippen molar-refractivity contribution in [2.75, 3.05) is 6.54 Å². The number of carbonyl (C=O) groups is 5. The minimum atomic E-state index is -1.29. The first kappa shape index (κ1) is 43.5. The quantitative estimate of drug-likeness (QED) is 0.134. The Hall–Kier alpha value is -4.65. The van der Waals surface area contributed by atoms with Crippen LogP contribution in [0.2, 0.25) is 0 Å². The number of amides is 6. The molecule has 13 nitrogen and oxygen atoms in total. The van der Waals surface area contributed by atoms with Gasteiger partial charge < -0.3 is 41.7 Å². The predicted octanol–water partition coefficient (Wildman–Crippen LogP) is 3.88. The van der Waals surface area contributed by atoms with Crippen LogP contribution in [0.15, 0.2) is 60.7 Å². The van der Waals surface area contributed by atoms with Gasteiger partial charge in [0, 0.05) is 6.54 Å². The minimum Gasteiger partial charge on any atom is -0.444 e. The van der Waals surface area contributed by atoms with Gasteiger partial charge in [0.2, 0.25) is 17.7 Å². The van der Waals surface area contributed by atoms with Gasteiger partial charge in [-0.1, -0.05) is 102 Å². The number of urea groups is 1. The molecule has 0 radical (unpaired) electrons. The fourth-order valence-corrected chi connectivity index (χ4v) is 5.53. The third-order valence-electron chi connectivity index (χ3n) is 8.22. The molecule has 52 heavy (non-hydrogen) atoms. The van der Waals surface area contributed by atoms with Gasteiger partial charge in [-0.3, -0.25) is 14.4 Å². The predicted molar refractivity (Wildman–Crippen MR) is 201 cm³/mol. The fourth-order valence-electron chi connectivity index (χ4n) is 5.53. The van der Waals surface area contributed by atoms with Crippen molar-refractivity contribution in [3.05, 3.63) is 71.8 Å². The molecule has 0 aromatic heterocycles. The van der Waals surface area contributed by atoms with E-state index in [9.17, 15) is 29.1 Å². The summed E-state index contributed by atoms with van der Waals surface area (Å²) in [5.74, 6) is -2.35. The first-order chi connectivity index (χ1) is 24.3. The molecular weight excluding hydrogens is 664 g/mol. The van der Waals surface area contributed by atoms with Crippen molar-refractivity contribution in [2.24, 2.45) is 23.5 Å². The molecule has 2 aromatic carbocycles. The zero-order valence-electron chi connectivity index (χ0n) is 32.1. The number of nitrogens with one attached hydrogen (secondary N) is 4. The molecule has 288 valence electrons. The number of aliphatic hydroxyl groups excluding tert-OH is 1. The second-order valence-electron chi connectivity index (χ2n) is 15.4. The summed E-state index contributed by atoms with van der Waals surface area (Å²) < 4.78 is 5.39. The van der Waals surface area contributed by atoms with Crippen molar-refractivity contribution < 1.29 is 33.8 Å².